The van der Waals surface area contributed by atoms with E-state index < -0.39 is 0 Å². The number of phenolic OH excluding ortho intramolecular Hbond substituents is 1. The van der Waals surface area contributed by atoms with E-state index in [1.807, 2.05) is 42.5 Å². The van der Waals surface area contributed by atoms with E-state index in [9.17, 15) is 24.3 Å². The molecular weight excluding hydrogens is 604 g/mol. The molecule has 3 aromatic rings. The molecule has 2 amide bonds. The second-order valence-electron chi connectivity index (χ2n) is 10.9. The van der Waals surface area contributed by atoms with Crippen molar-refractivity contribution in [3.05, 3.63) is 77.4 Å². The van der Waals surface area contributed by atoms with Gasteiger partial charge in [0.05, 0.1) is 33.2 Å². The quantitative estimate of drug-likeness (QED) is 0.266. The Bertz CT molecular complexity index is 1550. The van der Waals surface area contributed by atoms with Crippen molar-refractivity contribution in [2.75, 3.05) is 43.2 Å². The molecule has 47 heavy (non-hydrogen) atoms. The predicted octanol–water partition coefficient (Wildman–Crippen LogP) is 5.13. The van der Waals surface area contributed by atoms with Gasteiger partial charge in [0.2, 0.25) is 11.8 Å². The van der Waals surface area contributed by atoms with Crippen LogP contribution in [0.4, 0.5) is 11.4 Å². The van der Waals surface area contributed by atoms with Gasteiger partial charge < -0.3 is 33.9 Å². The van der Waals surface area contributed by atoms with Crippen molar-refractivity contribution in [1.29, 1.82) is 0 Å². The van der Waals surface area contributed by atoms with Gasteiger partial charge in [-0.05, 0) is 91.9 Å². The molecule has 0 unspecified atom stereocenters. The Morgan fingerprint density at radius 3 is 1.74 bits per heavy atom. The topological polar surface area (TPSA) is 132 Å². The van der Waals surface area contributed by atoms with Gasteiger partial charge in [-0.15, -0.1) is 0 Å². The molecule has 1 N–H and O–H groups in total. The van der Waals surface area contributed by atoms with E-state index in [-0.39, 0.29) is 42.3 Å². The van der Waals surface area contributed by atoms with E-state index in [4.69, 9.17) is 18.9 Å². The smallest absolute Gasteiger partial charge is 0.307 e. The van der Waals surface area contributed by atoms with Crippen LogP contribution >= 0.6 is 0 Å². The van der Waals surface area contributed by atoms with Gasteiger partial charge in [0.15, 0.2) is 0 Å². The zero-order valence-corrected chi connectivity index (χ0v) is 27.2. The first-order valence-electron chi connectivity index (χ1n) is 15.8. The first-order valence-corrected chi connectivity index (χ1v) is 15.8. The first kappa shape index (κ1) is 34.8. The number of hydrogen-bond donors (Lipinski definition) is 1. The lowest BCUT2D eigenvalue weighted by Crippen LogP contribution is -2.36. The Labute approximate surface area is 275 Å². The first-order chi connectivity index (χ1) is 22.7. The van der Waals surface area contributed by atoms with Crippen LogP contribution in [0.25, 0.3) is 0 Å². The number of carbonyl (C=O) groups is 4. The molecule has 2 heterocycles. The van der Waals surface area contributed by atoms with E-state index in [1.165, 1.54) is 0 Å². The molecule has 11 heteroatoms. The maximum atomic E-state index is 12.3. The normalized spacial score (nSPS) is 13.5. The molecule has 0 aliphatic carbocycles. The molecular formula is C36H42N2O9. The molecule has 0 saturated carbocycles. The second kappa shape index (κ2) is 17.0. The molecule has 0 aromatic heterocycles. The Balaban J connectivity index is 0.000000229. The Hall–Kier alpha value is -5.06. The summed E-state index contributed by atoms with van der Waals surface area (Å²) in [6.45, 7) is 5.31. The monoisotopic (exact) mass is 646 g/mol. The fourth-order valence-electron chi connectivity index (χ4n) is 5.42. The highest BCUT2D eigenvalue weighted by Gasteiger charge is 2.26. The zero-order chi connectivity index (χ0) is 33.8. The number of benzene rings is 3. The Morgan fingerprint density at radius 2 is 1.21 bits per heavy atom. The van der Waals surface area contributed by atoms with Gasteiger partial charge in [0, 0.05) is 37.3 Å². The molecule has 11 nitrogen and oxygen atoms in total. The minimum absolute atomic E-state index is 0.00230. The van der Waals surface area contributed by atoms with Crippen LogP contribution in [-0.2, 0) is 48.1 Å². The fourth-order valence-corrected chi connectivity index (χ4v) is 5.42. The molecule has 2 aliphatic rings. The van der Waals surface area contributed by atoms with Crippen molar-refractivity contribution in [2.45, 2.75) is 59.0 Å². The summed E-state index contributed by atoms with van der Waals surface area (Å²) in [4.78, 5) is 50.5. The number of rotatable bonds is 12. The maximum Gasteiger partial charge on any atom is 0.307 e. The van der Waals surface area contributed by atoms with Crippen LogP contribution in [-0.4, -0.2) is 62.3 Å². The van der Waals surface area contributed by atoms with Crippen LogP contribution in [0, 0.1) is 0 Å². The van der Waals surface area contributed by atoms with E-state index in [2.05, 4.69) is 0 Å². The number of nitrogens with zero attached hydrogens (tertiary/aromatic N) is 2. The van der Waals surface area contributed by atoms with Crippen LogP contribution in [0.15, 0.2) is 60.7 Å². The Morgan fingerprint density at radius 1 is 0.702 bits per heavy atom. The average Bonchev–Trinajstić information content (AvgIpc) is 3.07. The SMILES string of the molecule is CCOC(=O)CCN1C(=O)CCc2cc(O)ccc21.CCOC(=O)CCN1C(=O)CCc2cc(OCc3ccc(OC)cc3)ccc21. The van der Waals surface area contributed by atoms with Gasteiger partial charge in [0.1, 0.15) is 23.9 Å². The lowest BCUT2D eigenvalue weighted by atomic mass is 10.0. The number of hydrogen-bond acceptors (Lipinski definition) is 9. The number of methoxy groups -OCH3 is 1. The van der Waals surface area contributed by atoms with E-state index in [0.717, 1.165) is 39.6 Å². The highest BCUT2D eigenvalue weighted by atomic mass is 16.5. The maximum absolute atomic E-state index is 12.3. The summed E-state index contributed by atoms with van der Waals surface area (Å²) in [6.07, 6.45) is 2.49. The number of aryl methyl sites for hydroxylation is 2. The van der Waals surface area contributed by atoms with Crippen molar-refractivity contribution in [3.8, 4) is 17.2 Å². The number of amides is 2. The summed E-state index contributed by atoms with van der Waals surface area (Å²) in [5, 5.41) is 9.45. The number of fused-ring (bicyclic) bond motifs is 2. The number of carbonyl (C=O) groups excluding carboxylic acids is 4. The van der Waals surface area contributed by atoms with E-state index >= 15 is 0 Å². The van der Waals surface area contributed by atoms with Gasteiger partial charge in [-0.1, -0.05) is 12.1 Å². The van der Waals surface area contributed by atoms with Crippen molar-refractivity contribution in [2.24, 2.45) is 0 Å². The van der Waals surface area contributed by atoms with Crippen LogP contribution in [0.2, 0.25) is 0 Å². The van der Waals surface area contributed by atoms with Gasteiger partial charge in [0.25, 0.3) is 0 Å². The molecule has 3 aromatic carbocycles. The number of esters is 2. The number of phenols is 1. The fraction of sp³-hybridized carbons (Fsp3) is 0.389. The van der Waals surface area contributed by atoms with Crippen LogP contribution in [0.3, 0.4) is 0 Å². The molecule has 250 valence electrons. The largest absolute Gasteiger partial charge is 0.508 e. The van der Waals surface area contributed by atoms with Gasteiger partial charge in [-0.2, -0.15) is 0 Å². The minimum Gasteiger partial charge on any atom is -0.508 e. The molecule has 0 radical (unpaired) electrons. The molecule has 5 rings (SSSR count). The number of ether oxygens (including phenoxy) is 4. The summed E-state index contributed by atoms with van der Waals surface area (Å²) < 4.78 is 20.9. The van der Waals surface area contributed by atoms with E-state index in [1.54, 1.807) is 49.0 Å². The van der Waals surface area contributed by atoms with E-state index in [0.29, 0.717) is 58.6 Å². The zero-order valence-electron chi connectivity index (χ0n) is 27.2. The molecule has 0 bridgehead atoms. The summed E-state index contributed by atoms with van der Waals surface area (Å²) in [5.41, 5.74) is 4.65. The highest BCUT2D eigenvalue weighted by Crippen LogP contribution is 2.32. The van der Waals surface area contributed by atoms with Gasteiger partial charge in [-0.3, -0.25) is 19.2 Å². The van der Waals surface area contributed by atoms with Crippen LogP contribution < -0.4 is 19.3 Å². The highest BCUT2D eigenvalue weighted by molar-refractivity contribution is 5.97. The summed E-state index contributed by atoms with van der Waals surface area (Å²) in [5.74, 6) is 1.20. The third-order valence-corrected chi connectivity index (χ3v) is 7.77. The molecule has 0 fully saturated rings. The van der Waals surface area contributed by atoms with Crippen molar-refractivity contribution in [1.82, 2.24) is 0 Å². The summed E-state index contributed by atoms with van der Waals surface area (Å²) in [6, 6.07) is 18.4. The lowest BCUT2D eigenvalue weighted by Gasteiger charge is -2.29. The predicted molar refractivity (Wildman–Crippen MR) is 176 cm³/mol. The molecule has 0 saturated heterocycles. The minimum atomic E-state index is -0.304. The van der Waals surface area contributed by atoms with Crippen molar-refractivity contribution >= 4 is 35.1 Å². The van der Waals surface area contributed by atoms with Crippen LogP contribution in [0.1, 0.15) is 56.2 Å². The van der Waals surface area contributed by atoms with Crippen molar-refractivity contribution < 1.29 is 43.2 Å². The van der Waals surface area contributed by atoms with Crippen LogP contribution in [0.5, 0.6) is 17.2 Å². The molecule has 0 spiro atoms. The average molecular weight is 647 g/mol. The standard InChI is InChI=1S/C22H25NO5.C14H17NO4/c1-3-27-22(25)12-13-23-20-10-9-19(14-17(20)6-11-21(23)24)28-15-16-4-7-18(26-2)8-5-16;1-2-19-14(18)7-8-15-12-5-4-11(16)9-10(12)3-6-13(15)17/h4-5,7-10,14H,3,6,11-13,15H2,1-2H3;4-5,9,16H,2-3,6-8H2,1H3. The number of aromatic hydroxyl groups is 1. The Kier molecular flexibility index (Phi) is 12.6. The summed E-state index contributed by atoms with van der Waals surface area (Å²) >= 11 is 0. The van der Waals surface area contributed by atoms with Gasteiger partial charge in [-0.25, -0.2) is 0 Å². The summed E-state index contributed by atoms with van der Waals surface area (Å²) in [7, 11) is 1.64. The van der Waals surface area contributed by atoms with Crippen molar-refractivity contribution in [3.63, 3.8) is 0 Å². The second-order valence-corrected chi connectivity index (χ2v) is 10.9. The third-order valence-electron chi connectivity index (χ3n) is 7.77. The molecule has 0 atom stereocenters. The lowest BCUT2D eigenvalue weighted by molar-refractivity contribution is -0.143. The molecule has 2 aliphatic heterocycles. The third kappa shape index (κ3) is 9.71. The number of anilines is 2. The van der Waals surface area contributed by atoms with Gasteiger partial charge >= 0.3 is 11.9 Å².